The molecule has 0 unspecified atom stereocenters. The number of rotatable bonds is 4. The van der Waals surface area contributed by atoms with Gasteiger partial charge in [0.05, 0.1) is 25.4 Å². The average molecular weight is 238 g/mol. The van der Waals surface area contributed by atoms with Gasteiger partial charge >= 0.3 is 0 Å². The van der Waals surface area contributed by atoms with Crippen molar-refractivity contribution >= 4 is 11.7 Å². The molecule has 7 nitrogen and oxygen atoms in total. The molecule has 0 atom stereocenters. The van der Waals surface area contributed by atoms with Gasteiger partial charge in [-0.15, -0.1) is 0 Å². The number of hydrogen-bond donors (Lipinski definition) is 2. The minimum Gasteiger partial charge on any atom is -0.494 e. The maximum Gasteiger partial charge on any atom is 0.257 e. The molecule has 92 valence electrons. The summed E-state index contributed by atoms with van der Waals surface area (Å²) in [4.78, 5) is 17.2. The van der Waals surface area contributed by atoms with Crippen molar-refractivity contribution in [2.45, 2.75) is 0 Å². The van der Waals surface area contributed by atoms with Gasteiger partial charge in [0.2, 0.25) is 0 Å². The number of aromatic nitrogens is 1. The number of carbonyl (C=O) groups excluding carboxylic acids is 1. The van der Waals surface area contributed by atoms with Crippen LogP contribution >= 0.6 is 0 Å². The molecular formula is C10H14N4O3. The van der Waals surface area contributed by atoms with E-state index in [4.69, 9.17) is 15.7 Å². The maximum atomic E-state index is 12.0. The first-order valence-corrected chi connectivity index (χ1v) is 4.80. The first-order chi connectivity index (χ1) is 8.10. The van der Waals surface area contributed by atoms with E-state index in [1.165, 1.54) is 24.4 Å². The second-order valence-corrected chi connectivity index (χ2v) is 3.33. The van der Waals surface area contributed by atoms with E-state index in [1.54, 1.807) is 13.1 Å². The SMILES string of the molecule is COc1cnccc1C(=O)N(C)C/C(N)=N/O. The Morgan fingerprint density at radius 1 is 1.71 bits per heavy atom. The van der Waals surface area contributed by atoms with Crippen LogP contribution in [-0.4, -0.2) is 47.5 Å². The summed E-state index contributed by atoms with van der Waals surface area (Å²) in [6.07, 6.45) is 2.94. The standard InChI is InChI=1S/C10H14N4O3/c1-14(6-9(11)13-16)10(15)7-3-4-12-5-8(7)17-2/h3-5,16H,6H2,1-2H3,(H2,11,13). The van der Waals surface area contributed by atoms with Crippen LogP contribution in [0.3, 0.4) is 0 Å². The third-order valence-corrected chi connectivity index (χ3v) is 2.11. The number of methoxy groups -OCH3 is 1. The third kappa shape index (κ3) is 3.07. The van der Waals surface area contributed by atoms with Gasteiger partial charge in [0, 0.05) is 13.2 Å². The lowest BCUT2D eigenvalue weighted by Crippen LogP contribution is -2.35. The van der Waals surface area contributed by atoms with Crippen molar-refractivity contribution in [1.82, 2.24) is 9.88 Å². The molecular weight excluding hydrogens is 224 g/mol. The number of hydrogen-bond acceptors (Lipinski definition) is 5. The van der Waals surface area contributed by atoms with Gasteiger partial charge in [-0.05, 0) is 6.07 Å². The van der Waals surface area contributed by atoms with Crippen LogP contribution in [0.15, 0.2) is 23.6 Å². The van der Waals surface area contributed by atoms with Crippen molar-refractivity contribution < 1.29 is 14.7 Å². The zero-order valence-corrected chi connectivity index (χ0v) is 9.62. The van der Waals surface area contributed by atoms with Crippen LogP contribution in [0.25, 0.3) is 0 Å². The summed E-state index contributed by atoms with van der Waals surface area (Å²) < 4.78 is 5.03. The Bertz CT molecular complexity index is 433. The second-order valence-electron chi connectivity index (χ2n) is 3.33. The van der Waals surface area contributed by atoms with E-state index in [1.807, 2.05) is 0 Å². The largest absolute Gasteiger partial charge is 0.494 e. The van der Waals surface area contributed by atoms with Gasteiger partial charge in [0.25, 0.3) is 5.91 Å². The highest BCUT2D eigenvalue weighted by Crippen LogP contribution is 2.17. The molecule has 0 spiro atoms. The molecule has 7 heteroatoms. The Hall–Kier alpha value is -2.31. The molecule has 3 N–H and O–H groups in total. The topological polar surface area (TPSA) is 101 Å². The van der Waals surface area contributed by atoms with Crippen molar-refractivity contribution in [3.63, 3.8) is 0 Å². The summed E-state index contributed by atoms with van der Waals surface area (Å²) in [5, 5.41) is 11.2. The lowest BCUT2D eigenvalue weighted by Gasteiger charge is -2.17. The lowest BCUT2D eigenvalue weighted by atomic mass is 10.2. The molecule has 0 aliphatic heterocycles. The Balaban J connectivity index is 2.88. The number of ether oxygens (including phenoxy) is 1. The van der Waals surface area contributed by atoms with Crippen LogP contribution in [-0.2, 0) is 0 Å². The zero-order chi connectivity index (χ0) is 12.8. The maximum absolute atomic E-state index is 12.0. The summed E-state index contributed by atoms with van der Waals surface area (Å²) in [6, 6.07) is 1.55. The monoisotopic (exact) mass is 238 g/mol. The number of pyridine rings is 1. The molecule has 0 aliphatic carbocycles. The predicted molar refractivity (Wildman–Crippen MR) is 61.2 cm³/mol. The molecule has 1 heterocycles. The van der Waals surface area contributed by atoms with Gasteiger partial charge < -0.3 is 20.6 Å². The normalized spacial score (nSPS) is 11.1. The summed E-state index contributed by atoms with van der Waals surface area (Å²) in [7, 11) is 3.00. The van der Waals surface area contributed by atoms with E-state index in [0.717, 1.165) is 0 Å². The summed E-state index contributed by atoms with van der Waals surface area (Å²) in [6.45, 7) is 0.0286. The van der Waals surface area contributed by atoms with Crippen LogP contribution in [0, 0.1) is 0 Å². The van der Waals surface area contributed by atoms with Crippen LogP contribution in [0.1, 0.15) is 10.4 Å². The van der Waals surface area contributed by atoms with Crippen molar-refractivity contribution in [2.75, 3.05) is 20.7 Å². The number of oxime groups is 1. The molecule has 17 heavy (non-hydrogen) atoms. The third-order valence-electron chi connectivity index (χ3n) is 2.11. The molecule has 0 fully saturated rings. The summed E-state index contributed by atoms with van der Waals surface area (Å²) in [5.41, 5.74) is 5.69. The average Bonchev–Trinajstić information content (AvgIpc) is 2.37. The Labute approximate surface area is 98.5 Å². The van der Waals surface area contributed by atoms with Gasteiger partial charge in [-0.2, -0.15) is 0 Å². The molecule has 1 rings (SSSR count). The minimum atomic E-state index is -0.296. The van der Waals surface area contributed by atoms with Gasteiger partial charge in [0.15, 0.2) is 5.84 Å². The molecule has 0 bridgehead atoms. The fourth-order valence-corrected chi connectivity index (χ4v) is 1.27. The highest BCUT2D eigenvalue weighted by atomic mass is 16.5. The molecule has 1 aromatic heterocycles. The van der Waals surface area contributed by atoms with Crippen LogP contribution in [0.4, 0.5) is 0 Å². The van der Waals surface area contributed by atoms with E-state index in [9.17, 15) is 4.79 Å². The number of carbonyl (C=O) groups is 1. The van der Waals surface area contributed by atoms with Crippen molar-refractivity contribution in [3.8, 4) is 5.75 Å². The number of nitrogens with two attached hydrogens (primary N) is 1. The predicted octanol–water partition coefficient (Wildman–Crippen LogP) is -0.0914. The fourth-order valence-electron chi connectivity index (χ4n) is 1.27. The molecule has 0 saturated heterocycles. The van der Waals surface area contributed by atoms with Gasteiger partial charge in [-0.3, -0.25) is 9.78 Å². The Kier molecular flexibility index (Phi) is 4.27. The summed E-state index contributed by atoms with van der Waals surface area (Å²) in [5.74, 6) is 0.0357. The smallest absolute Gasteiger partial charge is 0.257 e. The minimum absolute atomic E-state index is 0.0286. The molecule has 0 saturated carbocycles. The van der Waals surface area contributed by atoms with Gasteiger partial charge in [-0.25, -0.2) is 0 Å². The second kappa shape index (κ2) is 5.69. The molecule has 0 aliphatic rings. The van der Waals surface area contributed by atoms with Crippen LogP contribution < -0.4 is 10.5 Å². The molecule has 1 amide bonds. The fraction of sp³-hybridized carbons (Fsp3) is 0.300. The first kappa shape index (κ1) is 12.8. The van der Waals surface area contributed by atoms with Crippen LogP contribution in [0.2, 0.25) is 0 Å². The molecule has 0 aromatic carbocycles. The van der Waals surface area contributed by atoms with Crippen LogP contribution in [0.5, 0.6) is 5.75 Å². The number of nitrogens with zero attached hydrogens (tertiary/aromatic N) is 3. The van der Waals surface area contributed by atoms with E-state index < -0.39 is 0 Å². The van der Waals surface area contributed by atoms with Crippen molar-refractivity contribution in [2.24, 2.45) is 10.9 Å². The zero-order valence-electron chi connectivity index (χ0n) is 9.62. The van der Waals surface area contributed by atoms with Gasteiger partial charge in [0.1, 0.15) is 5.75 Å². The number of likely N-dealkylation sites (N-methyl/N-ethyl adjacent to an activating group) is 1. The Morgan fingerprint density at radius 3 is 3.00 bits per heavy atom. The molecule has 1 aromatic rings. The number of amidine groups is 1. The molecule has 0 radical (unpaired) electrons. The highest BCUT2D eigenvalue weighted by Gasteiger charge is 2.17. The van der Waals surface area contributed by atoms with Crippen molar-refractivity contribution in [3.05, 3.63) is 24.0 Å². The Morgan fingerprint density at radius 2 is 2.41 bits per heavy atom. The summed E-state index contributed by atoms with van der Waals surface area (Å²) >= 11 is 0. The van der Waals surface area contributed by atoms with E-state index in [-0.39, 0.29) is 18.3 Å². The van der Waals surface area contributed by atoms with E-state index in [0.29, 0.717) is 11.3 Å². The highest BCUT2D eigenvalue weighted by molar-refractivity contribution is 5.98. The number of amides is 1. The first-order valence-electron chi connectivity index (χ1n) is 4.80. The van der Waals surface area contributed by atoms with E-state index >= 15 is 0 Å². The van der Waals surface area contributed by atoms with Crippen molar-refractivity contribution in [1.29, 1.82) is 0 Å². The van der Waals surface area contributed by atoms with E-state index in [2.05, 4.69) is 10.1 Å². The quantitative estimate of drug-likeness (QED) is 0.330. The lowest BCUT2D eigenvalue weighted by molar-refractivity contribution is 0.0810. The van der Waals surface area contributed by atoms with Gasteiger partial charge in [-0.1, -0.05) is 5.16 Å².